The lowest BCUT2D eigenvalue weighted by atomic mass is 9.99. The number of hydrogen-bond donors (Lipinski definition) is 1. The standard InChI is InChI=1S/C19H19ClN6O/c20-16-4-2-14(3-5-16)6-8-21-19(27)15-11-25(12-15)17-10-18(23-13-22-17)26-9-1-7-24-26/h1-5,7,9-10,13,15H,6,8,11-12H2,(H,21,27). The maximum absolute atomic E-state index is 12.3. The summed E-state index contributed by atoms with van der Waals surface area (Å²) >= 11 is 5.88. The summed E-state index contributed by atoms with van der Waals surface area (Å²) in [6.45, 7) is 1.93. The summed E-state index contributed by atoms with van der Waals surface area (Å²) in [4.78, 5) is 22.9. The van der Waals surface area contributed by atoms with Crippen molar-refractivity contribution in [1.82, 2.24) is 25.1 Å². The van der Waals surface area contributed by atoms with E-state index in [1.54, 1.807) is 10.9 Å². The van der Waals surface area contributed by atoms with Gasteiger partial charge in [0.15, 0.2) is 5.82 Å². The van der Waals surface area contributed by atoms with Crippen LogP contribution in [0.2, 0.25) is 5.02 Å². The number of carbonyl (C=O) groups is 1. The van der Waals surface area contributed by atoms with Crippen LogP contribution < -0.4 is 10.2 Å². The van der Waals surface area contributed by atoms with Crippen LogP contribution >= 0.6 is 11.6 Å². The van der Waals surface area contributed by atoms with Crippen molar-refractivity contribution < 1.29 is 4.79 Å². The van der Waals surface area contributed by atoms with Crippen LogP contribution in [0, 0.1) is 5.92 Å². The van der Waals surface area contributed by atoms with E-state index in [9.17, 15) is 4.79 Å². The highest BCUT2D eigenvalue weighted by Crippen LogP contribution is 2.23. The Morgan fingerprint density at radius 1 is 1.19 bits per heavy atom. The molecule has 3 aromatic rings. The molecule has 0 bridgehead atoms. The van der Waals surface area contributed by atoms with Crippen molar-refractivity contribution in [2.24, 2.45) is 5.92 Å². The molecule has 8 heteroatoms. The van der Waals surface area contributed by atoms with Crippen molar-refractivity contribution in [2.75, 3.05) is 24.5 Å². The van der Waals surface area contributed by atoms with Gasteiger partial charge in [-0.2, -0.15) is 5.10 Å². The van der Waals surface area contributed by atoms with Gasteiger partial charge in [-0.05, 0) is 30.2 Å². The molecule has 1 N–H and O–H groups in total. The summed E-state index contributed by atoms with van der Waals surface area (Å²) in [7, 11) is 0. The maximum Gasteiger partial charge on any atom is 0.226 e. The smallest absolute Gasteiger partial charge is 0.226 e. The summed E-state index contributed by atoms with van der Waals surface area (Å²) in [6, 6.07) is 11.4. The summed E-state index contributed by atoms with van der Waals surface area (Å²) < 4.78 is 1.69. The van der Waals surface area contributed by atoms with Gasteiger partial charge in [0.1, 0.15) is 12.1 Å². The normalized spacial score (nSPS) is 14.0. The highest BCUT2D eigenvalue weighted by molar-refractivity contribution is 6.30. The Kier molecular flexibility index (Phi) is 5.02. The predicted octanol–water partition coefficient (Wildman–Crippen LogP) is 2.11. The van der Waals surface area contributed by atoms with E-state index in [2.05, 4.69) is 25.3 Å². The van der Waals surface area contributed by atoms with E-state index in [1.165, 1.54) is 6.33 Å². The van der Waals surface area contributed by atoms with Gasteiger partial charge in [0, 0.05) is 43.1 Å². The number of aromatic nitrogens is 4. The van der Waals surface area contributed by atoms with Crippen LogP contribution in [0.4, 0.5) is 5.82 Å². The van der Waals surface area contributed by atoms with E-state index in [1.807, 2.05) is 42.6 Å². The number of rotatable bonds is 6. The molecule has 0 radical (unpaired) electrons. The van der Waals surface area contributed by atoms with E-state index < -0.39 is 0 Å². The van der Waals surface area contributed by atoms with Crippen molar-refractivity contribution in [1.29, 1.82) is 0 Å². The van der Waals surface area contributed by atoms with Crippen molar-refractivity contribution in [3.05, 3.63) is 65.7 Å². The Balaban J connectivity index is 1.26. The summed E-state index contributed by atoms with van der Waals surface area (Å²) in [5.74, 6) is 1.58. The van der Waals surface area contributed by atoms with Gasteiger partial charge < -0.3 is 10.2 Å². The van der Waals surface area contributed by atoms with Gasteiger partial charge in [0.25, 0.3) is 0 Å². The van der Waals surface area contributed by atoms with Gasteiger partial charge in [-0.3, -0.25) is 4.79 Å². The fraction of sp³-hybridized carbons (Fsp3) is 0.263. The number of hydrogen-bond acceptors (Lipinski definition) is 5. The minimum Gasteiger partial charge on any atom is -0.355 e. The Bertz CT molecular complexity index is 906. The fourth-order valence-corrected chi connectivity index (χ4v) is 3.12. The molecule has 1 aliphatic heterocycles. The monoisotopic (exact) mass is 382 g/mol. The van der Waals surface area contributed by atoms with Gasteiger partial charge in [-0.1, -0.05) is 23.7 Å². The molecule has 7 nitrogen and oxygen atoms in total. The zero-order valence-electron chi connectivity index (χ0n) is 14.6. The lowest BCUT2D eigenvalue weighted by Gasteiger charge is -2.39. The Morgan fingerprint density at radius 3 is 2.70 bits per heavy atom. The fourth-order valence-electron chi connectivity index (χ4n) is 3.00. The van der Waals surface area contributed by atoms with Crippen LogP contribution in [-0.4, -0.2) is 45.3 Å². The van der Waals surface area contributed by atoms with Crippen LogP contribution in [-0.2, 0) is 11.2 Å². The molecule has 1 amide bonds. The van der Waals surface area contributed by atoms with E-state index in [-0.39, 0.29) is 11.8 Å². The molecule has 0 spiro atoms. The zero-order chi connectivity index (χ0) is 18.6. The van der Waals surface area contributed by atoms with Crippen LogP contribution in [0.1, 0.15) is 5.56 Å². The molecule has 1 aliphatic rings. The first kappa shape index (κ1) is 17.5. The molecular weight excluding hydrogens is 364 g/mol. The number of benzene rings is 1. The SMILES string of the molecule is O=C(NCCc1ccc(Cl)cc1)C1CN(c2cc(-n3cccn3)ncn2)C1. The molecule has 0 atom stereocenters. The third-order valence-corrected chi connectivity index (χ3v) is 4.83. The lowest BCUT2D eigenvalue weighted by Crippen LogP contribution is -2.54. The van der Waals surface area contributed by atoms with Crippen molar-refractivity contribution in [3.63, 3.8) is 0 Å². The third-order valence-electron chi connectivity index (χ3n) is 4.58. The minimum atomic E-state index is -0.0154. The van der Waals surface area contributed by atoms with Gasteiger partial charge in [0.05, 0.1) is 5.92 Å². The number of nitrogens with zero attached hydrogens (tertiary/aromatic N) is 5. The van der Waals surface area contributed by atoms with Gasteiger partial charge in [-0.25, -0.2) is 14.6 Å². The molecule has 3 heterocycles. The molecule has 1 fully saturated rings. The van der Waals surface area contributed by atoms with Crippen molar-refractivity contribution >= 4 is 23.3 Å². The molecule has 1 aromatic carbocycles. The maximum atomic E-state index is 12.3. The van der Waals surface area contributed by atoms with Crippen LogP contribution in [0.3, 0.4) is 0 Å². The van der Waals surface area contributed by atoms with E-state index in [0.717, 1.165) is 22.8 Å². The molecule has 0 saturated carbocycles. The lowest BCUT2D eigenvalue weighted by molar-refractivity contribution is -0.125. The van der Waals surface area contributed by atoms with Crippen molar-refractivity contribution in [3.8, 4) is 5.82 Å². The molecule has 0 aliphatic carbocycles. The first-order chi connectivity index (χ1) is 13.2. The van der Waals surface area contributed by atoms with Gasteiger partial charge in [-0.15, -0.1) is 0 Å². The van der Waals surface area contributed by atoms with Gasteiger partial charge in [0.2, 0.25) is 5.91 Å². The van der Waals surface area contributed by atoms with Crippen molar-refractivity contribution in [2.45, 2.75) is 6.42 Å². The second-order valence-electron chi connectivity index (χ2n) is 6.45. The average molecular weight is 383 g/mol. The van der Waals surface area contributed by atoms with Crippen LogP contribution in [0.25, 0.3) is 5.82 Å². The first-order valence-electron chi connectivity index (χ1n) is 8.78. The summed E-state index contributed by atoms with van der Waals surface area (Å²) in [6.07, 6.45) is 5.85. The quantitative estimate of drug-likeness (QED) is 0.706. The minimum absolute atomic E-state index is 0.0154. The number of halogens is 1. The Hall–Kier alpha value is -2.93. The molecule has 1 saturated heterocycles. The molecular formula is C19H19ClN6O. The van der Waals surface area contributed by atoms with Crippen LogP contribution in [0.15, 0.2) is 55.1 Å². The zero-order valence-corrected chi connectivity index (χ0v) is 15.4. The summed E-state index contributed by atoms with van der Waals surface area (Å²) in [5.41, 5.74) is 1.15. The van der Waals surface area contributed by atoms with Gasteiger partial charge >= 0.3 is 0 Å². The highest BCUT2D eigenvalue weighted by atomic mass is 35.5. The topological polar surface area (TPSA) is 75.9 Å². The number of anilines is 1. The second kappa shape index (κ2) is 7.75. The average Bonchev–Trinajstić information content (AvgIpc) is 3.17. The van der Waals surface area contributed by atoms with E-state index in [0.29, 0.717) is 25.5 Å². The molecule has 2 aromatic heterocycles. The molecule has 138 valence electrons. The number of carbonyl (C=O) groups excluding carboxylic acids is 1. The highest BCUT2D eigenvalue weighted by Gasteiger charge is 2.33. The molecule has 27 heavy (non-hydrogen) atoms. The number of amides is 1. The first-order valence-corrected chi connectivity index (χ1v) is 9.16. The van der Waals surface area contributed by atoms with Crippen LogP contribution in [0.5, 0.6) is 0 Å². The molecule has 0 unspecified atom stereocenters. The summed E-state index contributed by atoms with van der Waals surface area (Å²) in [5, 5.41) is 7.90. The number of nitrogens with one attached hydrogen (secondary N) is 1. The van der Waals surface area contributed by atoms with E-state index >= 15 is 0 Å². The second-order valence-corrected chi connectivity index (χ2v) is 6.89. The predicted molar refractivity (Wildman–Crippen MR) is 103 cm³/mol. The third kappa shape index (κ3) is 4.09. The molecule has 4 rings (SSSR count). The van der Waals surface area contributed by atoms with E-state index in [4.69, 9.17) is 11.6 Å². The Labute approximate surface area is 162 Å². The largest absolute Gasteiger partial charge is 0.355 e. The Morgan fingerprint density at radius 2 is 1.96 bits per heavy atom.